The van der Waals surface area contributed by atoms with E-state index in [1.54, 1.807) is 0 Å². The first-order valence-electron chi connectivity index (χ1n) is 8.18. The second-order valence-corrected chi connectivity index (χ2v) is 8.28. The van der Waals surface area contributed by atoms with E-state index in [2.05, 4.69) is 5.32 Å². The van der Waals surface area contributed by atoms with Gasteiger partial charge in [0, 0.05) is 0 Å². The lowest BCUT2D eigenvalue weighted by Gasteiger charge is -2.24. The molecule has 7 heteroatoms. The smallest absolute Gasteiger partial charge is 0.241 e. The van der Waals surface area contributed by atoms with Crippen LogP contribution in [0.3, 0.4) is 0 Å². The van der Waals surface area contributed by atoms with Crippen molar-refractivity contribution in [2.75, 3.05) is 17.1 Å². The number of benzene rings is 2. The van der Waals surface area contributed by atoms with Gasteiger partial charge >= 0.3 is 0 Å². The number of hydrogen-bond acceptors (Lipinski definition) is 3. The van der Waals surface area contributed by atoms with E-state index >= 15 is 0 Å². The molecule has 2 aromatic carbocycles. The van der Waals surface area contributed by atoms with Gasteiger partial charge in [-0.3, -0.25) is 9.10 Å². The minimum atomic E-state index is -3.82. The predicted molar refractivity (Wildman–Crippen MR) is 101 cm³/mol. The zero-order chi connectivity index (χ0) is 19.5. The molecule has 2 rings (SSSR count). The van der Waals surface area contributed by atoms with Crippen molar-refractivity contribution in [3.8, 4) is 0 Å². The zero-order valence-electron chi connectivity index (χ0n) is 15.3. The highest BCUT2D eigenvalue weighted by atomic mass is 32.2. The molecule has 0 aliphatic rings. The van der Waals surface area contributed by atoms with E-state index < -0.39 is 28.3 Å². The van der Waals surface area contributed by atoms with Gasteiger partial charge in [-0.25, -0.2) is 12.8 Å². The number of hydrogen-bond donors (Lipinski definition) is 1. The zero-order valence-corrected chi connectivity index (χ0v) is 16.1. The van der Waals surface area contributed by atoms with Gasteiger partial charge in [0.2, 0.25) is 15.9 Å². The summed E-state index contributed by atoms with van der Waals surface area (Å²) in [5.74, 6) is -1.21. The third-order valence-electron chi connectivity index (χ3n) is 4.09. The first-order valence-corrected chi connectivity index (χ1v) is 10.0. The largest absolute Gasteiger partial charge is 0.348 e. The molecule has 26 heavy (non-hydrogen) atoms. The molecule has 0 aliphatic heterocycles. The Morgan fingerprint density at radius 1 is 1.19 bits per heavy atom. The summed E-state index contributed by atoms with van der Waals surface area (Å²) in [5.41, 5.74) is 2.90. The second-order valence-electron chi connectivity index (χ2n) is 6.37. The van der Waals surface area contributed by atoms with Crippen LogP contribution in [0.25, 0.3) is 0 Å². The number of carbonyl (C=O) groups excluding carboxylic acids is 1. The van der Waals surface area contributed by atoms with Gasteiger partial charge in [-0.1, -0.05) is 35.9 Å². The van der Waals surface area contributed by atoms with Crippen LogP contribution in [-0.4, -0.2) is 27.1 Å². The Hall–Kier alpha value is -2.41. The number of para-hydroxylation sites is 1. The van der Waals surface area contributed by atoms with Crippen molar-refractivity contribution in [2.24, 2.45) is 0 Å². The monoisotopic (exact) mass is 378 g/mol. The Bertz CT molecular complexity index is 913. The molecule has 140 valence electrons. The Morgan fingerprint density at radius 3 is 2.46 bits per heavy atom. The Labute approximate surface area is 153 Å². The summed E-state index contributed by atoms with van der Waals surface area (Å²) in [4.78, 5) is 12.4. The predicted octanol–water partition coefficient (Wildman–Crippen LogP) is 3.09. The highest BCUT2D eigenvalue weighted by molar-refractivity contribution is 7.92. The number of anilines is 1. The van der Waals surface area contributed by atoms with Gasteiger partial charge in [0.1, 0.15) is 12.4 Å². The Balaban J connectivity index is 2.20. The van der Waals surface area contributed by atoms with Gasteiger partial charge in [0.05, 0.1) is 18.0 Å². The average molecular weight is 378 g/mol. The van der Waals surface area contributed by atoms with Crippen LogP contribution in [0.2, 0.25) is 0 Å². The van der Waals surface area contributed by atoms with Crippen molar-refractivity contribution in [3.05, 3.63) is 65.0 Å². The SMILES string of the molecule is Cc1ccc(C)c([C@H](C)NC(=O)CN(c2ccccc2F)S(C)(=O)=O)c1. The molecule has 0 aromatic heterocycles. The molecule has 1 N–H and O–H groups in total. The van der Waals surface area contributed by atoms with Gasteiger partial charge in [0.15, 0.2) is 0 Å². The lowest BCUT2D eigenvalue weighted by Crippen LogP contribution is -2.41. The molecule has 5 nitrogen and oxygen atoms in total. The van der Waals surface area contributed by atoms with Gasteiger partial charge in [0.25, 0.3) is 0 Å². The minimum absolute atomic E-state index is 0.149. The molecule has 0 bridgehead atoms. The first kappa shape index (κ1) is 19.9. The lowest BCUT2D eigenvalue weighted by atomic mass is 10.00. The van der Waals surface area contributed by atoms with Crippen LogP contribution < -0.4 is 9.62 Å². The van der Waals surface area contributed by atoms with Crippen LogP contribution >= 0.6 is 0 Å². The molecule has 2 aromatic rings. The van der Waals surface area contributed by atoms with Crippen LogP contribution in [0, 0.1) is 19.7 Å². The third-order valence-corrected chi connectivity index (χ3v) is 5.21. The van der Waals surface area contributed by atoms with E-state index in [0.717, 1.165) is 33.3 Å². The molecule has 0 spiro atoms. The summed E-state index contributed by atoms with van der Waals surface area (Å²) in [6, 6.07) is 11.1. The molecule has 0 unspecified atom stereocenters. The van der Waals surface area contributed by atoms with E-state index in [1.807, 2.05) is 39.0 Å². The number of sulfonamides is 1. The van der Waals surface area contributed by atoms with Crippen LogP contribution in [0.15, 0.2) is 42.5 Å². The van der Waals surface area contributed by atoms with Crippen LogP contribution in [0.5, 0.6) is 0 Å². The molecule has 0 aliphatic carbocycles. The second kappa shape index (κ2) is 7.86. The summed E-state index contributed by atoms with van der Waals surface area (Å²) in [5, 5.41) is 2.79. The van der Waals surface area contributed by atoms with Crippen molar-refractivity contribution >= 4 is 21.6 Å². The summed E-state index contributed by atoms with van der Waals surface area (Å²) in [6.45, 7) is 5.24. The molecule has 0 heterocycles. The molecular weight excluding hydrogens is 355 g/mol. The minimum Gasteiger partial charge on any atom is -0.348 e. The fourth-order valence-corrected chi connectivity index (χ4v) is 3.61. The lowest BCUT2D eigenvalue weighted by molar-refractivity contribution is -0.120. The molecule has 1 atom stereocenters. The summed E-state index contributed by atoms with van der Waals surface area (Å²) in [6.07, 6.45) is 0.945. The van der Waals surface area contributed by atoms with Crippen molar-refractivity contribution in [3.63, 3.8) is 0 Å². The Morgan fingerprint density at radius 2 is 1.85 bits per heavy atom. The summed E-state index contributed by atoms with van der Waals surface area (Å²) >= 11 is 0. The molecule has 0 saturated heterocycles. The normalized spacial score (nSPS) is 12.5. The molecule has 0 fully saturated rings. The van der Waals surface area contributed by atoms with E-state index in [4.69, 9.17) is 0 Å². The number of rotatable bonds is 6. The van der Waals surface area contributed by atoms with Crippen molar-refractivity contribution in [1.29, 1.82) is 0 Å². The van der Waals surface area contributed by atoms with Crippen molar-refractivity contribution < 1.29 is 17.6 Å². The summed E-state index contributed by atoms with van der Waals surface area (Å²) in [7, 11) is -3.82. The number of carbonyl (C=O) groups is 1. The topological polar surface area (TPSA) is 66.5 Å². The van der Waals surface area contributed by atoms with Crippen LogP contribution in [0.1, 0.15) is 29.7 Å². The fourth-order valence-electron chi connectivity index (χ4n) is 2.76. The van der Waals surface area contributed by atoms with Gasteiger partial charge in [-0.15, -0.1) is 0 Å². The van der Waals surface area contributed by atoms with Crippen molar-refractivity contribution in [1.82, 2.24) is 5.32 Å². The number of nitrogens with zero attached hydrogens (tertiary/aromatic N) is 1. The standard InChI is InChI=1S/C19H23FN2O3S/c1-13-9-10-14(2)16(11-13)15(3)21-19(23)12-22(26(4,24)25)18-8-6-5-7-17(18)20/h5-11,15H,12H2,1-4H3,(H,21,23)/t15-/m0/s1. The van der Waals surface area contributed by atoms with E-state index in [-0.39, 0.29) is 11.7 Å². The highest BCUT2D eigenvalue weighted by Crippen LogP contribution is 2.22. The van der Waals surface area contributed by atoms with Crippen LogP contribution in [-0.2, 0) is 14.8 Å². The number of halogens is 1. The van der Waals surface area contributed by atoms with E-state index in [9.17, 15) is 17.6 Å². The Kier molecular flexibility index (Phi) is 6.02. The average Bonchev–Trinajstić information content (AvgIpc) is 2.54. The van der Waals surface area contributed by atoms with Crippen molar-refractivity contribution in [2.45, 2.75) is 26.8 Å². The maximum Gasteiger partial charge on any atom is 0.241 e. The quantitative estimate of drug-likeness (QED) is 0.840. The van der Waals surface area contributed by atoms with E-state index in [1.165, 1.54) is 18.2 Å². The molecule has 0 radical (unpaired) electrons. The highest BCUT2D eigenvalue weighted by Gasteiger charge is 2.24. The number of nitrogens with one attached hydrogen (secondary N) is 1. The maximum absolute atomic E-state index is 14.0. The van der Waals surface area contributed by atoms with Crippen LogP contribution in [0.4, 0.5) is 10.1 Å². The van der Waals surface area contributed by atoms with Gasteiger partial charge in [-0.05, 0) is 44.0 Å². The van der Waals surface area contributed by atoms with Gasteiger partial charge in [-0.2, -0.15) is 0 Å². The number of amides is 1. The third kappa shape index (κ3) is 4.82. The molecule has 0 saturated carbocycles. The molecular formula is C19H23FN2O3S. The molecule has 1 amide bonds. The fraction of sp³-hybridized carbons (Fsp3) is 0.316. The first-order chi connectivity index (χ1) is 12.1. The number of aryl methyl sites for hydroxylation is 2. The van der Waals surface area contributed by atoms with E-state index in [0.29, 0.717) is 0 Å². The van der Waals surface area contributed by atoms with Gasteiger partial charge < -0.3 is 5.32 Å². The summed E-state index contributed by atoms with van der Waals surface area (Å²) < 4.78 is 38.9. The maximum atomic E-state index is 14.0.